The zero-order valence-corrected chi connectivity index (χ0v) is 15.6. The molecule has 0 radical (unpaired) electrons. The first-order chi connectivity index (χ1) is 11.6. The molecule has 0 saturated carbocycles. The Morgan fingerprint density at radius 1 is 1.00 bits per heavy atom. The lowest BCUT2D eigenvalue weighted by Gasteiger charge is -2.11. The van der Waals surface area contributed by atoms with Crippen molar-refractivity contribution < 1.29 is 9.52 Å². The van der Waals surface area contributed by atoms with E-state index in [2.05, 4.69) is 5.32 Å². The van der Waals surface area contributed by atoms with Crippen LogP contribution in [0.15, 0.2) is 65.1 Å². The van der Waals surface area contributed by atoms with Crippen LogP contribution in [0.5, 0.6) is 0 Å². The van der Waals surface area contributed by atoms with Crippen LogP contribution >= 0.6 is 35.6 Å². The lowest BCUT2D eigenvalue weighted by Crippen LogP contribution is -2.20. The van der Waals surface area contributed by atoms with E-state index >= 15 is 0 Å². The molecule has 0 aliphatic rings. The van der Waals surface area contributed by atoms with Crippen molar-refractivity contribution in [1.82, 2.24) is 5.32 Å². The Balaban J connectivity index is 0.00000225. The van der Waals surface area contributed by atoms with Crippen molar-refractivity contribution in [2.75, 3.05) is 6.54 Å². The number of benzene rings is 2. The molecule has 1 unspecified atom stereocenters. The molecule has 2 aromatic carbocycles. The lowest BCUT2D eigenvalue weighted by molar-refractivity contribution is 0.173. The van der Waals surface area contributed by atoms with Gasteiger partial charge in [0.05, 0.1) is 17.7 Å². The summed E-state index contributed by atoms with van der Waals surface area (Å²) in [7, 11) is 0. The van der Waals surface area contributed by atoms with Crippen molar-refractivity contribution in [1.29, 1.82) is 0 Å². The Kier molecular flexibility index (Phi) is 7.36. The van der Waals surface area contributed by atoms with E-state index in [1.165, 1.54) is 0 Å². The number of nitrogens with one attached hydrogen (secondary N) is 1. The summed E-state index contributed by atoms with van der Waals surface area (Å²) in [6.07, 6.45) is -0.553. The molecule has 0 amide bonds. The fourth-order valence-electron chi connectivity index (χ4n) is 2.43. The summed E-state index contributed by atoms with van der Waals surface area (Å²) in [4.78, 5) is 0. The van der Waals surface area contributed by atoms with Gasteiger partial charge in [0.1, 0.15) is 11.5 Å². The maximum atomic E-state index is 10.1. The number of halogens is 3. The molecule has 132 valence electrons. The average molecular weight is 399 g/mol. The molecule has 3 aromatic rings. The second kappa shape index (κ2) is 9.27. The second-order valence-electron chi connectivity index (χ2n) is 5.45. The van der Waals surface area contributed by atoms with Crippen molar-refractivity contribution in [2.45, 2.75) is 12.6 Å². The third-order valence-electron chi connectivity index (χ3n) is 3.68. The predicted octanol–water partition coefficient (Wildman–Crippen LogP) is 5.50. The fraction of sp³-hybridized carbons (Fsp3) is 0.158. The Hall–Kier alpha value is -1.49. The largest absolute Gasteiger partial charge is 0.460 e. The van der Waals surface area contributed by atoms with E-state index in [4.69, 9.17) is 27.6 Å². The van der Waals surface area contributed by atoms with E-state index in [9.17, 15) is 5.11 Å². The molecule has 0 aliphatic heterocycles. The van der Waals surface area contributed by atoms with Crippen LogP contribution in [0.2, 0.25) is 10.0 Å². The first-order valence-corrected chi connectivity index (χ1v) is 8.37. The summed E-state index contributed by atoms with van der Waals surface area (Å²) >= 11 is 12.2. The summed E-state index contributed by atoms with van der Waals surface area (Å²) in [6, 6.07) is 18.6. The van der Waals surface area contributed by atoms with Gasteiger partial charge in [0.15, 0.2) is 0 Å². The van der Waals surface area contributed by atoms with E-state index in [1.807, 2.05) is 42.5 Å². The summed E-state index contributed by atoms with van der Waals surface area (Å²) in [5.74, 6) is 1.43. The zero-order chi connectivity index (χ0) is 16.9. The van der Waals surface area contributed by atoms with Crippen LogP contribution in [0.3, 0.4) is 0 Å². The van der Waals surface area contributed by atoms with E-state index < -0.39 is 6.10 Å². The highest BCUT2D eigenvalue weighted by atomic mass is 35.5. The molecule has 0 fully saturated rings. The Labute approximate surface area is 163 Å². The Bertz CT molecular complexity index is 805. The van der Waals surface area contributed by atoms with Crippen LogP contribution in [0.4, 0.5) is 0 Å². The molecular weight excluding hydrogens is 381 g/mol. The third-order valence-corrected chi connectivity index (χ3v) is 4.24. The van der Waals surface area contributed by atoms with Crippen molar-refractivity contribution in [2.24, 2.45) is 0 Å². The minimum Gasteiger partial charge on any atom is -0.460 e. The molecule has 3 nitrogen and oxygen atoms in total. The molecule has 25 heavy (non-hydrogen) atoms. The van der Waals surface area contributed by atoms with Crippen LogP contribution in [0.25, 0.3) is 11.3 Å². The Morgan fingerprint density at radius 3 is 2.52 bits per heavy atom. The SMILES string of the molecule is Cl.OC(CNCc1ccc(-c2cc(Cl)ccc2Cl)o1)c1ccccc1. The third kappa shape index (κ3) is 5.24. The predicted molar refractivity (Wildman–Crippen MR) is 105 cm³/mol. The van der Waals surface area contributed by atoms with Gasteiger partial charge in [-0.2, -0.15) is 0 Å². The van der Waals surface area contributed by atoms with E-state index in [-0.39, 0.29) is 12.4 Å². The first kappa shape index (κ1) is 19.8. The van der Waals surface area contributed by atoms with Gasteiger partial charge in [0.2, 0.25) is 0 Å². The minimum atomic E-state index is -0.553. The van der Waals surface area contributed by atoms with Gasteiger partial charge >= 0.3 is 0 Å². The van der Waals surface area contributed by atoms with Gasteiger partial charge in [0, 0.05) is 17.1 Å². The molecule has 0 saturated heterocycles. The van der Waals surface area contributed by atoms with Gasteiger partial charge in [-0.25, -0.2) is 0 Å². The maximum absolute atomic E-state index is 10.1. The zero-order valence-electron chi connectivity index (χ0n) is 13.3. The summed E-state index contributed by atoms with van der Waals surface area (Å²) in [5.41, 5.74) is 1.65. The highest BCUT2D eigenvalue weighted by molar-refractivity contribution is 6.35. The smallest absolute Gasteiger partial charge is 0.135 e. The number of furan rings is 1. The molecule has 3 rings (SSSR count). The van der Waals surface area contributed by atoms with E-state index in [0.29, 0.717) is 28.9 Å². The van der Waals surface area contributed by atoms with E-state index in [0.717, 1.165) is 16.9 Å². The van der Waals surface area contributed by atoms with Crippen molar-refractivity contribution in [3.8, 4) is 11.3 Å². The number of aliphatic hydroxyl groups is 1. The van der Waals surface area contributed by atoms with Crippen LogP contribution < -0.4 is 5.32 Å². The maximum Gasteiger partial charge on any atom is 0.135 e. The molecule has 0 bridgehead atoms. The van der Waals surface area contributed by atoms with E-state index in [1.54, 1.807) is 18.2 Å². The quantitative estimate of drug-likeness (QED) is 0.576. The minimum absolute atomic E-state index is 0. The topological polar surface area (TPSA) is 45.4 Å². The second-order valence-corrected chi connectivity index (χ2v) is 6.29. The van der Waals surface area contributed by atoms with Crippen molar-refractivity contribution in [3.63, 3.8) is 0 Å². The molecule has 0 spiro atoms. The van der Waals surface area contributed by atoms with Crippen LogP contribution in [-0.4, -0.2) is 11.7 Å². The van der Waals surface area contributed by atoms with Crippen LogP contribution in [-0.2, 0) is 6.54 Å². The van der Waals surface area contributed by atoms with Crippen LogP contribution in [0, 0.1) is 0 Å². The van der Waals surface area contributed by atoms with Gasteiger partial charge in [0.25, 0.3) is 0 Å². The van der Waals surface area contributed by atoms with Crippen molar-refractivity contribution >= 4 is 35.6 Å². The summed E-state index contributed by atoms with van der Waals surface area (Å²) < 4.78 is 5.81. The standard InChI is InChI=1S/C19H17Cl2NO2.ClH/c20-14-6-8-17(21)16(10-14)19-9-7-15(24-19)11-22-12-18(23)13-4-2-1-3-5-13;/h1-10,18,22-23H,11-12H2;1H. The highest BCUT2D eigenvalue weighted by Crippen LogP contribution is 2.31. The van der Waals surface area contributed by atoms with Gasteiger partial charge in [-0.15, -0.1) is 12.4 Å². The lowest BCUT2D eigenvalue weighted by atomic mass is 10.1. The summed E-state index contributed by atoms with van der Waals surface area (Å²) in [5, 5.41) is 14.5. The molecule has 1 aromatic heterocycles. The molecule has 1 atom stereocenters. The normalized spacial score (nSPS) is 11.8. The molecule has 2 N–H and O–H groups in total. The van der Waals surface area contributed by atoms with Crippen molar-refractivity contribution in [3.05, 3.63) is 82.0 Å². The summed E-state index contributed by atoms with van der Waals surface area (Å²) in [6.45, 7) is 0.958. The van der Waals surface area contributed by atoms with Crippen LogP contribution in [0.1, 0.15) is 17.4 Å². The number of hydrogen-bond acceptors (Lipinski definition) is 3. The molecule has 0 aliphatic carbocycles. The van der Waals surface area contributed by atoms with Gasteiger partial charge in [-0.1, -0.05) is 53.5 Å². The van der Waals surface area contributed by atoms with Gasteiger partial charge < -0.3 is 14.8 Å². The number of aliphatic hydroxyl groups excluding tert-OH is 1. The average Bonchev–Trinajstić information content (AvgIpc) is 3.06. The number of rotatable bonds is 6. The van der Waals surface area contributed by atoms with Gasteiger partial charge in [-0.3, -0.25) is 0 Å². The molecule has 1 heterocycles. The van der Waals surface area contributed by atoms with Gasteiger partial charge in [-0.05, 0) is 35.9 Å². The Morgan fingerprint density at radius 2 is 1.76 bits per heavy atom. The fourth-order valence-corrected chi connectivity index (χ4v) is 2.81. The first-order valence-electron chi connectivity index (χ1n) is 7.61. The monoisotopic (exact) mass is 397 g/mol. The highest BCUT2D eigenvalue weighted by Gasteiger charge is 2.10. The molecular formula is C19H18Cl3NO2. The number of hydrogen-bond donors (Lipinski definition) is 2. The molecule has 6 heteroatoms.